The maximum absolute atomic E-state index is 13.0. The van der Waals surface area contributed by atoms with E-state index in [0.717, 1.165) is 74.3 Å². The molecule has 2 fully saturated rings. The van der Waals surface area contributed by atoms with Gasteiger partial charge in [0.1, 0.15) is 22.8 Å². The molecule has 0 spiro atoms. The van der Waals surface area contributed by atoms with Crippen LogP contribution >= 0.6 is 0 Å². The molecule has 4 heterocycles. The second-order valence-corrected chi connectivity index (χ2v) is 9.14. The Bertz CT molecular complexity index is 1470. The van der Waals surface area contributed by atoms with Crippen molar-refractivity contribution in [2.75, 3.05) is 18.4 Å². The number of nitriles is 1. The zero-order valence-electron chi connectivity index (χ0n) is 18.8. The highest BCUT2D eigenvalue weighted by Gasteiger charge is 2.23. The molecule has 1 saturated heterocycles. The minimum atomic E-state index is -0.277. The van der Waals surface area contributed by atoms with Gasteiger partial charge in [0.2, 0.25) is 5.95 Å². The largest absolute Gasteiger partial charge is 0.440 e. The maximum atomic E-state index is 13.0. The molecule has 6 rings (SSSR count). The van der Waals surface area contributed by atoms with Crippen molar-refractivity contribution in [3.05, 3.63) is 52.3 Å². The Kier molecular flexibility index (Phi) is 5.23. The lowest BCUT2D eigenvalue weighted by molar-refractivity contribution is 0.385. The average Bonchev–Trinajstić information content (AvgIpc) is 3.54. The number of fused-ring (bicyclic) bond motifs is 2. The van der Waals surface area contributed by atoms with Crippen LogP contribution in [0.4, 0.5) is 11.6 Å². The average molecular weight is 456 g/mol. The van der Waals surface area contributed by atoms with Crippen molar-refractivity contribution >= 4 is 33.8 Å². The lowest BCUT2D eigenvalue weighted by Crippen LogP contribution is -2.26. The zero-order valence-corrected chi connectivity index (χ0v) is 18.8. The van der Waals surface area contributed by atoms with Crippen LogP contribution in [0.5, 0.6) is 0 Å². The van der Waals surface area contributed by atoms with Gasteiger partial charge in [0.15, 0.2) is 11.5 Å². The lowest BCUT2D eigenvalue weighted by Gasteiger charge is -2.19. The summed E-state index contributed by atoms with van der Waals surface area (Å²) in [5, 5.41) is 16.7. The summed E-state index contributed by atoms with van der Waals surface area (Å²) in [6.07, 6.45) is 7.70. The smallest absolute Gasteiger partial charge is 0.270 e. The Labute approximate surface area is 195 Å². The Morgan fingerprint density at radius 1 is 1.12 bits per heavy atom. The van der Waals surface area contributed by atoms with Gasteiger partial charge in [-0.25, -0.2) is 9.97 Å². The number of benzene rings is 1. The zero-order chi connectivity index (χ0) is 23.1. The predicted octanol–water partition coefficient (Wildman–Crippen LogP) is 4.13. The van der Waals surface area contributed by atoms with Gasteiger partial charge in [-0.1, -0.05) is 12.8 Å². The molecule has 1 aliphatic heterocycles. The molecule has 0 atom stereocenters. The number of aromatic nitrogens is 4. The highest BCUT2D eigenvalue weighted by molar-refractivity contribution is 5.80. The number of hydrogen-bond donors (Lipinski definition) is 2. The number of hydrogen-bond acceptors (Lipinski definition) is 8. The summed E-state index contributed by atoms with van der Waals surface area (Å²) < 4.78 is 7.71. The highest BCUT2D eigenvalue weighted by atomic mass is 16.3. The van der Waals surface area contributed by atoms with Gasteiger partial charge in [-0.3, -0.25) is 9.36 Å². The molecule has 4 aromatic rings. The van der Waals surface area contributed by atoms with Crippen molar-refractivity contribution in [3.63, 3.8) is 0 Å². The minimum absolute atomic E-state index is 0.0611. The van der Waals surface area contributed by atoms with Gasteiger partial charge < -0.3 is 15.1 Å². The second kappa shape index (κ2) is 8.54. The summed E-state index contributed by atoms with van der Waals surface area (Å²) in [5.74, 6) is 1.54. The van der Waals surface area contributed by atoms with Gasteiger partial charge in [-0.15, -0.1) is 0 Å². The summed E-state index contributed by atoms with van der Waals surface area (Å²) in [4.78, 5) is 26.8. The first-order chi connectivity index (χ1) is 16.7. The first-order valence-corrected chi connectivity index (χ1v) is 11.9. The monoisotopic (exact) mass is 455 g/mol. The summed E-state index contributed by atoms with van der Waals surface area (Å²) in [7, 11) is 0. The third-order valence-electron chi connectivity index (χ3n) is 6.93. The van der Waals surface area contributed by atoms with Crippen LogP contribution in [0.15, 0.2) is 39.7 Å². The molecule has 1 aliphatic carbocycles. The van der Waals surface area contributed by atoms with E-state index in [1.807, 2.05) is 24.3 Å². The molecule has 9 nitrogen and oxygen atoms in total. The Balaban J connectivity index is 1.35. The van der Waals surface area contributed by atoms with Crippen molar-refractivity contribution in [2.24, 2.45) is 0 Å². The number of anilines is 2. The summed E-state index contributed by atoms with van der Waals surface area (Å²) in [6, 6.07) is 9.42. The lowest BCUT2D eigenvalue weighted by atomic mass is 9.98. The van der Waals surface area contributed by atoms with Gasteiger partial charge >= 0.3 is 0 Å². The van der Waals surface area contributed by atoms with Crippen LogP contribution in [0.1, 0.15) is 61.9 Å². The molecule has 0 radical (unpaired) electrons. The molecular formula is C25H25N7O2. The van der Waals surface area contributed by atoms with Crippen molar-refractivity contribution in [1.29, 1.82) is 5.26 Å². The maximum Gasteiger partial charge on any atom is 0.270 e. The van der Waals surface area contributed by atoms with Crippen molar-refractivity contribution in [2.45, 2.75) is 50.5 Å². The first-order valence-electron chi connectivity index (χ1n) is 11.9. The number of rotatable bonds is 4. The fraction of sp³-hybridized carbons (Fsp3) is 0.400. The van der Waals surface area contributed by atoms with E-state index in [1.165, 1.54) is 0 Å². The number of nitrogens with one attached hydrogen (secondary N) is 2. The van der Waals surface area contributed by atoms with E-state index in [9.17, 15) is 10.1 Å². The summed E-state index contributed by atoms with van der Waals surface area (Å²) in [6.45, 7) is 1.97. The fourth-order valence-corrected chi connectivity index (χ4v) is 5.16. The molecule has 2 N–H and O–H groups in total. The van der Waals surface area contributed by atoms with E-state index in [2.05, 4.69) is 15.6 Å². The van der Waals surface area contributed by atoms with E-state index < -0.39 is 0 Å². The number of nitrogens with zero attached hydrogens (tertiary/aromatic N) is 5. The number of oxazole rings is 1. The molecule has 172 valence electrons. The predicted molar refractivity (Wildman–Crippen MR) is 128 cm³/mol. The summed E-state index contributed by atoms with van der Waals surface area (Å²) in [5.41, 5.74) is 2.76. The Morgan fingerprint density at radius 2 is 1.94 bits per heavy atom. The van der Waals surface area contributed by atoms with Crippen LogP contribution in [0, 0.1) is 11.3 Å². The van der Waals surface area contributed by atoms with E-state index in [4.69, 9.17) is 14.4 Å². The quantitative estimate of drug-likeness (QED) is 0.471. The Morgan fingerprint density at radius 3 is 2.74 bits per heavy atom. The van der Waals surface area contributed by atoms with Gasteiger partial charge in [0, 0.05) is 29.2 Å². The van der Waals surface area contributed by atoms with Crippen LogP contribution in [0.2, 0.25) is 0 Å². The van der Waals surface area contributed by atoms with Gasteiger partial charge in [0.05, 0.1) is 0 Å². The van der Waals surface area contributed by atoms with Crippen LogP contribution in [-0.4, -0.2) is 32.6 Å². The molecule has 0 bridgehead atoms. The van der Waals surface area contributed by atoms with Crippen LogP contribution in [0.25, 0.3) is 22.1 Å². The van der Waals surface area contributed by atoms with Crippen LogP contribution < -0.4 is 16.2 Å². The third kappa shape index (κ3) is 3.70. The van der Waals surface area contributed by atoms with Gasteiger partial charge in [-0.2, -0.15) is 10.2 Å². The summed E-state index contributed by atoms with van der Waals surface area (Å²) >= 11 is 0. The number of piperidine rings is 1. The highest BCUT2D eigenvalue weighted by Crippen LogP contribution is 2.32. The molecular weight excluding hydrogens is 430 g/mol. The third-order valence-corrected chi connectivity index (χ3v) is 6.93. The molecule has 0 amide bonds. The van der Waals surface area contributed by atoms with E-state index in [1.54, 1.807) is 16.8 Å². The second-order valence-electron chi connectivity index (χ2n) is 9.14. The van der Waals surface area contributed by atoms with Crippen molar-refractivity contribution < 1.29 is 4.42 Å². The molecule has 0 unspecified atom stereocenters. The normalized spacial score (nSPS) is 17.4. The van der Waals surface area contributed by atoms with E-state index >= 15 is 0 Å². The van der Waals surface area contributed by atoms with Gasteiger partial charge in [-0.05, 0) is 63.0 Å². The molecule has 3 aromatic heterocycles. The molecule has 34 heavy (non-hydrogen) atoms. The molecule has 2 aliphatic rings. The first kappa shape index (κ1) is 20.8. The minimum Gasteiger partial charge on any atom is -0.440 e. The van der Waals surface area contributed by atoms with Gasteiger partial charge in [0.25, 0.3) is 5.56 Å². The van der Waals surface area contributed by atoms with Crippen LogP contribution in [-0.2, 0) is 0 Å². The molecule has 9 heteroatoms. The molecule has 1 aromatic carbocycles. The topological polar surface area (TPSA) is 122 Å². The van der Waals surface area contributed by atoms with Crippen LogP contribution in [0.3, 0.4) is 0 Å². The van der Waals surface area contributed by atoms with E-state index in [-0.39, 0.29) is 17.2 Å². The standard InChI is InChI=1S/C25H25N7O2/c26-13-16-11-17-14-28-25(31-22(17)32(24(16)33)19-3-1-2-4-19)29-18-5-6-21-20(12-18)30-23(34-21)15-7-9-27-10-8-15/h5-6,11-12,14-15,19,27H,1-4,7-10H2,(H,28,29,31). The fourth-order valence-electron chi connectivity index (χ4n) is 5.16. The number of pyridine rings is 1. The SMILES string of the molecule is N#Cc1cc2cnc(Nc3ccc4oc(C5CCNCC5)nc4c3)nc2n(C2CCCC2)c1=O. The van der Waals surface area contributed by atoms with Crippen molar-refractivity contribution in [1.82, 2.24) is 24.8 Å². The van der Waals surface area contributed by atoms with Crippen molar-refractivity contribution in [3.8, 4) is 6.07 Å². The van der Waals surface area contributed by atoms with E-state index in [0.29, 0.717) is 22.9 Å². The Hall–Kier alpha value is -3.77. The molecule has 1 saturated carbocycles.